The van der Waals surface area contributed by atoms with E-state index < -0.39 is 0 Å². The monoisotopic (exact) mass is 1180 g/mol. The van der Waals surface area contributed by atoms with Crippen molar-refractivity contribution in [3.63, 3.8) is 0 Å². The minimum atomic E-state index is -0.154. The van der Waals surface area contributed by atoms with Crippen LogP contribution in [0.3, 0.4) is 0 Å². The molecule has 0 saturated heterocycles. The average molecular weight is 1180 g/mol. The molecule has 5 heterocycles. The van der Waals surface area contributed by atoms with Crippen LogP contribution in [0.15, 0.2) is 231 Å². The standard InChI is InChI=1S/C85H74BN5/c1-82(2,3)60-41-57(42-61(49-60)83(4,5)6)64-35-37-68-77-74(64)66-45-55(51-25-17-13-18-26-51)33-39-70(66)90(77)72-47-59(81-88-79(53-29-21-15-22-30-53)87-80(89-81)54-31-23-16-24-32-54)48-73-76(72)86(68)69-38-36-65(58-43-62(84(7,8)9)50-63(44-58)85(10,11)12)75-67-46-56(52-27-19-14-20-28-52)34-40-71(67)91(73)78(69)75/h13-50H,1-12H3. The second kappa shape index (κ2) is 20.3. The highest BCUT2D eigenvalue weighted by atomic mass is 15.1. The molecule has 2 aliphatic heterocycles. The summed E-state index contributed by atoms with van der Waals surface area (Å²) < 4.78 is 5.24. The number of hydrogen-bond donors (Lipinski definition) is 0. The summed E-state index contributed by atoms with van der Waals surface area (Å²) in [5.41, 5.74) is 28.3. The van der Waals surface area contributed by atoms with E-state index in [-0.39, 0.29) is 28.4 Å². The number of aromatic nitrogens is 5. The summed E-state index contributed by atoms with van der Waals surface area (Å²) in [6, 6.07) is 86.4. The van der Waals surface area contributed by atoms with Crippen LogP contribution in [0.2, 0.25) is 0 Å². The fraction of sp³-hybridized carbons (Fsp3) is 0.188. The van der Waals surface area contributed by atoms with Crippen molar-refractivity contribution in [1.82, 2.24) is 24.1 Å². The summed E-state index contributed by atoms with van der Waals surface area (Å²) >= 11 is 0. The van der Waals surface area contributed by atoms with Gasteiger partial charge in [0, 0.05) is 60.6 Å². The van der Waals surface area contributed by atoms with Crippen molar-refractivity contribution < 1.29 is 0 Å². The molecule has 0 spiro atoms. The Labute approximate surface area is 535 Å². The summed E-state index contributed by atoms with van der Waals surface area (Å²) in [6.07, 6.45) is 0. The maximum atomic E-state index is 5.52. The molecule has 2 aliphatic rings. The number of rotatable bonds is 7. The Morgan fingerprint density at radius 1 is 0.286 bits per heavy atom. The molecular weight excluding hydrogens is 1100 g/mol. The smallest absolute Gasteiger partial charge is 0.252 e. The topological polar surface area (TPSA) is 48.5 Å². The highest BCUT2D eigenvalue weighted by molar-refractivity contribution is 7.00. The zero-order valence-corrected chi connectivity index (χ0v) is 54.3. The number of fused-ring (bicyclic) bond motifs is 10. The van der Waals surface area contributed by atoms with Crippen molar-refractivity contribution in [2.45, 2.75) is 105 Å². The van der Waals surface area contributed by atoms with E-state index in [1.165, 1.54) is 116 Å². The van der Waals surface area contributed by atoms with Crippen LogP contribution in [-0.4, -0.2) is 30.8 Å². The molecule has 0 saturated carbocycles. The van der Waals surface area contributed by atoms with Crippen LogP contribution in [0, 0.1) is 0 Å². The molecule has 0 radical (unpaired) electrons. The molecule has 0 N–H and O–H groups in total. The maximum Gasteiger partial charge on any atom is 0.252 e. The predicted octanol–water partition coefficient (Wildman–Crippen LogP) is 20.1. The zero-order chi connectivity index (χ0) is 62.6. The van der Waals surface area contributed by atoms with Gasteiger partial charge in [-0.05, 0) is 141 Å². The van der Waals surface area contributed by atoms with E-state index in [9.17, 15) is 0 Å². The Balaban J connectivity index is 1.09. The van der Waals surface area contributed by atoms with Crippen LogP contribution in [0.4, 0.5) is 0 Å². The van der Waals surface area contributed by atoms with Crippen LogP contribution in [0.1, 0.15) is 105 Å². The quantitative estimate of drug-likeness (QED) is 0.149. The Morgan fingerprint density at radius 3 is 0.956 bits per heavy atom. The Kier molecular flexibility index (Phi) is 12.6. The molecule has 0 fully saturated rings. The number of benzene rings is 11. The van der Waals surface area contributed by atoms with Gasteiger partial charge in [0.15, 0.2) is 17.5 Å². The molecule has 0 bridgehead atoms. The Morgan fingerprint density at radius 2 is 0.615 bits per heavy atom. The van der Waals surface area contributed by atoms with Crippen molar-refractivity contribution >= 4 is 66.7 Å². The van der Waals surface area contributed by atoms with Crippen molar-refractivity contribution in [3.05, 3.63) is 253 Å². The van der Waals surface area contributed by atoms with Gasteiger partial charge in [-0.25, -0.2) is 15.0 Å². The lowest BCUT2D eigenvalue weighted by Crippen LogP contribution is -2.59. The summed E-state index contributed by atoms with van der Waals surface area (Å²) in [5, 5.41) is 4.95. The summed E-state index contributed by atoms with van der Waals surface area (Å²) in [6.45, 7) is 28.0. The molecule has 6 heteroatoms. The first kappa shape index (κ1) is 56.3. The van der Waals surface area contributed by atoms with E-state index in [4.69, 9.17) is 15.0 Å². The third kappa shape index (κ3) is 9.23. The van der Waals surface area contributed by atoms with E-state index >= 15 is 0 Å². The fourth-order valence-corrected chi connectivity index (χ4v) is 14.5. The van der Waals surface area contributed by atoms with Gasteiger partial charge in [0.05, 0.1) is 11.0 Å². The molecular formula is C85H74BN5. The lowest BCUT2D eigenvalue weighted by molar-refractivity contribution is 0.568. The molecule has 0 unspecified atom stereocenters. The van der Waals surface area contributed by atoms with Crippen molar-refractivity contribution in [1.29, 1.82) is 0 Å². The van der Waals surface area contributed by atoms with Crippen LogP contribution in [0.25, 0.3) is 134 Å². The second-order valence-electron chi connectivity index (χ2n) is 29.7. The Bertz CT molecular complexity index is 4910. The van der Waals surface area contributed by atoms with Crippen LogP contribution in [-0.2, 0) is 21.7 Å². The van der Waals surface area contributed by atoms with Gasteiger partial charge < -0.3 is 9.13 Å². The lowest BCUT2D eigenvalue weighted by atomic mass is 9.34. The molecule has 14 aromatic rings. The van der Waals surface area contributed by atoms with E-state index in [0.717, 1.165) is 39.1 Å². The average Bonchev–Trinajstić information content (AvgIpc) is 1.57. The minimum absolute atomic E-state index is 0.0845. The van der Waals surface area contributed by atoms with Gasteiger partial charge in [-0.15, -0.1) is 0 Å². The first-order valence-corrected chi connectivity index (χ1v) is 32.4. The lowest BCUT2D eigenvalue weighted by Gasteiger charge is -2.34. The molecule has 442 valence electrons. The molecule has 3 aromatic heterocycles. The van der Waals surface area contributed by atoms with E-state index in [1.54, 1.807) is 0 Å². The Hall–Kier alpha value is -9.91. The van der Waals surface area contributed by atoms with E-state index in [1.807, 2.05) is 12.1 Å². The zero-order valence-electron chi connectivity index (χ0n) is 54.3. The molecule has 5 nitrogen and oxygen atoms in total. The van der Waals surface area contributed by atoms with Gasteiger partial charge in [0.2, 0.25) is 0 Å². The summed E-state index contributed by atoms with van der Waals surface area (Å²) in [5.74, 6) is 1.87. The van der Waals surface area contributed by atoms with Gasteiger partial charge in [-0.2, -0.15) is 0 Å². The van der Waals surface area contributed by atoms with E-state index in [2.05, 4.69) is 311 Å². The molecule has 11 aromatic carbocycles. The fourth-order valence-electron chi connectivity index (χ4n) is 14.5. The number of nitrogens with zero attached hydrogens (tertiary/aromatic N) is 5. The van der Waals surface area contributed by atoms with E-state index in [0.29, 0.717) is 17.5 Å². The highest BCUT2D eigenvalue weighted by Gasteiger charge is 2.43. The third-order valence-corrected chi connectivity index (χ3v) is 19.5. The van der Waals surface area contributed by atoms with Gasteiger partial charge in [-0.3, -0.25) is 0 Å². The predicted molar refractivity (Wildman–Crippen MR) is 386 cm³/mol. The van der Waals surface area contributed by atoms with Gasteiger partial charge in [0.25, 0.3) is 6.71 Å². The molecule has 0 aliphatic carbocycles. The van der Waals surface area contributed by atoms with Crippen molar-refractivity contribution in [2.75, 3.05) is 0 Å². The first-order valence-electron chi connectivity index (χ1n) is 32.4. The molecule has 0 atom stereocenters. The maximum absolute atomic E-state index is 5.52. The molecule has 0 amide bonds. The summed E-state index contributed by atoms with van der Waals surface area (Å²) in [4.78, 5) is 16.3. The molecule has 16 rings (SSSR count). The minimum Gasteiger partial charge on any atom is -0.310 e. The number of hydrogen-bond acceptors (Lipinski definition) is 3. The van der Waals surface area contributed by atoms with Gasteiger partial charge in [0.1, 0.15) is 0 Å². The van der Waals surface area contributed by atoms with Crippen LogP contribution in [0.5, 0.6) is 0 Å². The summed E-state index contributed by atoms with van der Waals surface area (Å²) in [7, 11) is 0. The van der Waals surface area contributed by atoms with Gasteiger partial charge in [-0.1, -0.05) is 277 Å². The van der Waals surface area contributed by atoms with Gasteiger partial charge >= 0.3 is 0 Å². The second-order valence-corrected chi connectivity index (χ2v) is 29.7. The van der Waals surface area contributed by atoms with Crippen molar-refractivity contribution in [2.24, 2.45) is 0 Å². The largest absolute Gasteiger partial charge is 0.310 e. The normalized spacial score (nSPS) is 13.0. The van der Waals surface area contributed by atoms with Crippen molar-refractivity contribution in [3.8, 4) is 90.0 Å². The molecule has 91 heavy (non-hydrogen) atoms. The van der Waals surface area contributed by atoms with Crippen LogP contribution >= 0.6 is 0 Å². The van der Waals surface area contributed by atoms with Crippen LogP contribution < -0.4 is 16.4 Å². The third-order valence-electron chi connectivity index (χ3n) is 19.5. The first-order chi connectivity index (χ1) is 43.6. The highest BCUT2D eigenvalue weighted by Crippen LogP contribution is 2.48. The SMILES string of the molecule is CC(C)(C)c1cc(-c2ccc3c4c2c2cc(-c5ccccc5)ccc2n4-c2cc(-c4nc(-c5ccccc5)nc(-c5ccccc5)n4)cc4c2B3c2ccc(-c3cc(C(C)(C)C)cc(C(C)(C)C)c3)c3c5cc(-c6ccccc6)ccc5n-4c23)cc(C(C)(C)C)c1.